The van der Waals surface area contributed by atoms with Gasteiger partial charge < -0.3 is 16.4 Å². The van der Waals surface area contributed by atoms with Crippen LogP contribution in [-0.2, 0) is 4.79 Å². The zero-order chi connectivity index (χ0) is 15.2. The Hall–Kier alpha value is -2.04. The van der Waals surface area contributed by atoms with E-state index in [1.807, 2.05) is 37.3 Å². The average Bonchev–Trinajstić information content (AvgIpc) is 2.43. The molecule has 4 N–H and O–H groups in total. The third-order valence-corrected chi connectivity index (χ3v) is 3.30. The lowest BCUT2D eigenvalue weighted by atomic mass is 9.93. The first-order valence-corrected chi connectivity index (χ1v) is 6.69. The highest BCUT2D eigenvalue weighted by molar-refractivity contribution is 5.81. The second-order valence-corrected chi connectivity index (χ2v) is 5.62. The summed E-state index contributed by atoms with van der Waals surface area (Å²) in [5.74, 6) is -0.207. The minimum atomic E-state index is -0.748. The zero-order valence-electron chi connectivity index (χ0n) is 12.3. The van der Waals surface area contributed by atoms with Crippen molar-refractivity contribution in [3.8, 4) is 0 Å². The molecule has 0 fully saturated rings. The number of hydrogen-bond donors (Lipinski definition) is 3. The third-order valence-electron chi connectivity index (χ3n) is 3.30. The topological polar surface area (TPSA) is 84.2 Å². The molecule has 0 aliphatic carbocycles. The number of benzene rings is 1. The van der Waals surface area contributed by atoms with Crippen LogP contribution in [-0.4, -0.2) is 25.0 Å². The van der Waals surface area contributed by atoms with Crippen molar-refractivity contribution in [2.75, 3.05) is 13.1 Å². The summed E-state index contributed by atoms with van der Waals surface area (Å²) in [6.07, 6.45) is 0. The standard InChI is InChI=1S/C15H23N3O2/c1-11(12-7-5-4-6-8-12)9-17-14(20)18-10-15(2,3)13(16)19/h4-8,11H,9-10H2,1-3H3,(H2,16,19)(H2,17,18,20). The van der Waals surface area contributed by atoms with Crippen molar-refractivity contribution < 1.29 is 9.59 Å². The molecule has 0 saturated carbocycles. The Morgan fingerprint density at radius 3 is 2.35 bits per heavy atom. The van der Waals surface area contributed by atoms with Gasteiger partial charge in [0.15, 0.2) is 0 Å². The van der Waals surface area contributed by atoms with Gasteiger partial charge in [0.2, 0.25) is 5.91 Å². The van der Waals surface area contributed by atoms with Crippen LogP contribution in [0.2, 0.25) is 0 Å². The maximum absolute atomic E-state index is 11.7. The molecule has 0 bridgehead atoms. The minimum Gasteiger partial charge on any atom is -0.369 e. The van der Waals surface area contributed by atoms with E-state index < -0.39 is 11.3 Å². The first-order valence-electron chi connectivity index (χ1n) is 6.69. The molecule has 0 saturated heterocycles. The maximum atomic E-state index is 11.7. The molecule has 0 radical (unpaired) electrons. The van der Waals surface area contributed by atoms with Crippen LogP contribution in [0.3, 0.4) is 0 Å². The van der Waals surface area contributed by atoms with Crippen molar-refractivity contribution in [3.63, 3.8) is 0 Å². The molecule has 3 amide bonds. The van der Waals surface area contributed by atoms with Crippen molar-refractivity contribution in [1.29, 1.82) is 0 Å². The summed E-state index contributed by atoms with van der Waals surface area (Å²) in [7, 11) is 0. The summed E-state index contributed by atoms with van der Waals surface area (Å²) >= 11 is 0. The normalized spacial score (nSPS) is 12.6. The fraction of sp³-hybridized carbons (Fsp3) is 0.467. The van der Waals surface area contributed by atoms with Gasteiger partial charge in [0.1, 0.15) is 0 Å². The molecule has 0 aliphatic heterocycles. The number of carbonyl (C=O) groups excluding carboxylic acids is 2. The molecule has 0 aliphatic rings. The zero-order valence-corrected chi connectivity index (χ0v) is 12.3. The predicted molar refractivity (Wildman–Crippen MR) is 79.2 cm³/mol. The van der Waals surface area contributed by atoms with E-state index in [-0.39, 0.29) is 18.5 Å². The molecule has 1 atom stereocenters. The number of rotatable bonds is 6. The van der Waals surface area contributed by atoms with E-state index in [1.165, 1.54) is 5.56 Å². The summed E-state index contributed by atoms with van der Waals surface area (Å²) in [5, 5.41) is 5.45. The molecule has 20 heavy (non-hydrogen) atoms. The summed E-state index contributed by atoms with van der Waals surface area (Å²) in [5.41, 5.74) is 5.67. The van der Waals surface area contributed by atoms with Gasteiger partial charge in [-0.3, -0.25) is 4.79 Å². The van der Waals surface area contributed by atoms with Crippen molar-refractivity contribution in [2.24, 2.45) is 11.1 Å². The van der Waals surface area contributed by atoms with Crippen LogP contribution in [0.5, 0.6) is 0 Å². The molecule has 1 rings (SSSR count). The molecule has 0 heterocycles. The van der Waals surface area contributed by atoms with Crippen LogP contribution in [0.1, 0.15) is 32.3 Å². The lowest BCUT2D eigenvalue weighted by Gasteiger charge is -2.21. The van der Waals surface area contributed by atoms with Crippen LogP contribution < -0.4 is 16.4 Å². The monoisotopic (exact) mass is 277 g/mol. The fourth-order valence-corrected chi connectivity index (χ4v) is 1.60. The van der Waals surface area contributed by atoms with Crippen LogP contribution in [0.15, 0.2) is 30.3 Å². The minimum absolute atomic E-state index is 0.216. The maximum Gasteiger partial charge on any atom is 0.314 e. The molecule has 1 unspecified atom stereocenters. The Morgan fingerprint density at radius 1 is 1.20 bits per heavy atom. The van der Waals surface area contributed by atoms with Crippen molar-refractivity contribution >= 4 is 11.9 Å². The highest BCUT2D eigenvalue weighted by Gasteiger charge is 2.25. The molecule has 1 aromatic carbocycles. The van der Waals surface area contributed by atoms with Gasteiger partial charge in [-0.15, -0.1) is 0 Å². The lowest BCUT2D eigenvalue weighted by Crippen LogP contribution is -2.46. The Bertz CT molecular complexity index is 457. The summed E-state index contributed by atoms with van der Waals surface area (Å²) in [4.78, 5) is 22.8. The van der Waals surface area contributed by atoms with Gasteiger partial charge in [-0.25, -0.2) is 4.79 Å². The van der Waals surface area contributed by atoms with Gasteiger partial charge in [-0.1, -0.05) is 37.3 Å². The van der Waals surface area contributed by atoms with Crippen molar-refractivity contribution in [3.05, 3.63) is 35.9 Å². The van der Waals surface area contributed by atoms with Gasteiger partial charge in [0.25, 0.3) is 0 Å². The van der Waals surface area contributed by atoms with Crippen LogP contribution in [0, 0.1) is 5.41 Å². The summed E-state index contributed by atoms with van der Waals surface area (Å²) in [6, 6.07) is 9.67. The molecular formula is C15H23N3O2. The summed E-state index contributed by atoms with van der Waals surface area (Å²) < 4.78 is 0. The van der Waals surface area contributed by atoms with E-state index in [4.69, 9.17) is 5.73 Å². The highest BCUT2D eigenvalue weighted by atomic mass is 16.2. The number of urea groups is 1. The van der Waals surface area contributed by atoms with Crippen LogP contribution in [0.25, 0.3) is 0 Å². The SMILES string of the molecule is CC(CNC(=O)NCC(C)(C)C(N)=O)c1ccccc1. The van der Waals surface area contributed by atoms with Crippen LogP contribution >= 0.6 is 0 Å². The quantitative estimate of drug-likeness (QED) is 0.738. The predicted octanol–water partition coefficient (Wildman–Crippen LogP) is 1.60. The number of carbonyl (C=O) groups is 2. The van der Waals surface area contributed by atoms with Crippen molar-refractivity contribution in [1.82, 2.24) is 10.6 Å². The van der Waals surface area contributed by atoms with Gasteiger partial charge in [0.05, 0.1) is 5.41 Å². The van der Waals surface area contributed by atoms with E-state index in [2.05, 4.69) is 10.6 Å². The largest absolute Gasteiger partial charge is 0.369 e. The van der Waals surface area contributed by atoms with E-state index in [9.17, 15) is 9.59 Å². The Labute approximate surface area is 119 Å². The van der Waals surface area contributed by atoms with Crippen LogP contribution in [0.4, 0.5) is 4.79 Å². The highest BCUT2D eigenvalue weighted by Crippen LogP contribution is 2.13. The van der Waals surface area contributed by atoms with E-state index in [0.29, 0.717) is 6.54 Å². The average molecular weight is 277 g/mol. The Kier molecular flexibility index (Phi) is 5.55. The number of hydrogen-bond acceptors (Lipinski definition) is 2. The molecule has 110 valence electrons. The Balaban J connectivity index is 2.35. The number of nitrogens with two attached hydrogens (primary N) is 1. The van der Waals surface area contributed by atoms with Gasteiger partial charge in [-0.05, 0) is 25.3 Å². The van der Waals surface area contributed by atoms with Gasteiger partial charge in [-0.2, -0.15) is 0 Å². The number of primary amides is 1. The number of nitrogens with one attached hydrogen (secondary N) is 2. The Morgan fingerprint density at radius 2 is 1.80 bits per heavy atom. The first kappa shape index (κ1) is 16.0. The van der Waals surface area contributed by atoms with Gasteiger partial charge >= 0.3 is 6.03 Å². The van der Waals surface area contributed by atoms with E-state index in [0.717, 1.165) is 0 Å². The molecule has 5 heteroatoms. The molecule has 1 aromatic rings. The van der Waals surface area contributed by atoms with Gasteiger partial charge in [0, 0.05) is 13.1 Å². The van der Waals surface area contributed by atoms with E-state index >= 15 is 0 Å². The molecule has 0 spiro atoms. The molecule has 5 nitrogen and oxygen atoms in total. The number of amides is 3. The molecular weight excluding hydrogens is 254 g/mol. The lowest BCUT2D eigenvalue weighted by molar-refractivity contribution is -0.125. The summed E-state index contributed by atoms with van der Waals surface area (Å²) in [6.45, 7) is 6.19. The smallest absolute Gasteiger partial charge is 0.314 e. The second kappa shape index (κ2) is 6.93. The first-order chi connectivity index (χ1) is 9.33. The third kappa shape index (κ3) is 4.91. The van der Waals surface area contributed by atoms with E-state index in [1.54, 1.807) is 13.8 Å². The fourth-order valence-electron chi connectivity index (χ4n) is 1.60. The second-order valence-electron chi connectivity index (χ2n) is 5.62. The molecule has 0 aromatic heterocycles. The van der Waals surface area contributed by atoms with Crippen molar-refractivity contribution in [2.45, 2.75) is 26.7 Å².